The van der Waals surface area contributed by atoms with Crippen LogP contribution in [0.25, 0.3) is 0 Å². The molecule has 110 valence electrons. The number of para-hydroxylation sites is 1. The molecule has 0 aliphatic heterocycles. The average Bonchev–Trinajstić information content (AvgIpc) is 2.47. The lowest BCUT2D eigenvalue weighted by Gasteiger charge is -2.17. The minimum absolute atomic E-state index is 0.184. The highest BCUT2D eigenvalue weighted by Gasteiger charge is 2.11. The van der Waals surface area contributed by atoms with Gasteiger partial charge in [0.1, 0.15) is 5.75 Å². The summed E-state index contributed by atoms with van der Waals surface area (Å²) in [5, 5.41) is 5.62. The fourth-order valence-corrected chi connectivity index (χ4v) is 2.05. The van der Waals surface area contributed by atoms with E-state index in [1.807, 2.05) is 43.3 Å². The second-order valence-electron chi connectivity index (χ2n) is 4.68. The van der Waals surface area contributed by atoms with Gasteiger partial charge in [0.25, 0.3) is 0 Å². The first-order valence-electron chi connectivity index (χ1n) is 6.66. The molecular weight excluding hydrogens is 266 g/mol. The Morgan fingerprint density at radius 2 is 1.95 bits per heavy atom. The van der Waals surface area contributed by atoms with E-state index in [4.69, 9.17) is 10.5 Å². The summed E-state index contributed by atoms with van der Waals surface area (Å²) in [6, 6.07) is 14.2. The van der Waals surface area contributed by atoms with Gasteiger partial charge in [-0.2, -0.15) is 0 Å². The molecule has 0 spiro atoms. The highest BCUT2D eigenvalue weighted by molar-refractivity contribution is 5.89. The van der Waals surface area contributed by atoms with Gasteiger partial charge in [-0.05, 0) is 30.7 Å². The molecule has 0 aliphatic rings. The van der Waals surface area contributed by atoms with Crippen molar-refractivity contribution in [2.75, 3.05) is 18.2 Å². The quantitative estimate of drug-likeness (QED) is 0.755. The zero-order valence-corrected chi connectivity index (χ0v) is 12.1. The number of rotatable bonds is 4. The number of hydrogen-bond acceptors (Lipinski definition) is 3. The lowest BCUT2D eigenvalue weighted by Crippen LogP contribution is -2.31. The lowest BCUT2D eigenvalue weighted by atomic mass is 10.1. The molecule has 1 unspecified atom stereocenters. The summed E-state index contributed by atoms with van der Waals surface area (Å²) in [4.78, 5) is 12.0. The Kier molecular flexibility index (Phi) is 4.66. The van der Waals surface area contributed by atoms with Crippen LogP contribution in [0.2, 0.25) is 0 Å². The third kappa shape index (κ3) is 3.89. The molecule has 4 N–H and O–H groups in total. The van der Waals surface area contributed by atoms with Crippen molar-refractivity contribution in [1.29, 1.82) is 0 Å². The van der Waals surface area contributed by atoms with Crippen molar-refractivity contribution in [2.24, 2.45) is 0 Å². The van der Waals surface area contributed by atoms with Crippen LogP contribution in [-0.4, -0.2) is 13.1 Å². The van der Waals surface area contributed by atoms with Crippen molar-refractivity contribution in [3.8, 4) is 5.75 Å². The van der Waals surface area contributed by atoms with E-state index in [1.165, 1.54) is 0 Å². The van der Waals surface area contributed by atoms with Crippen LogP contribution < -0.4 is 21.1 Å². The topological polar surface area (TPSA) is 76.4 Å². The van der Waals surface area contributed by atoms with E-state index in [2.05, 4.69) is 10.6 Å². The van der Waals surface area contributed by atoms with Gasteiger partial charge in [0.15, 0.2) is 0 Å². The van der Waals surface area contributed by atoms with Gasteiger partial charge < -0.3 is 21.1 Å². The molecule has 0 fully saturated rings. The molecule has 0 aliphatic carbocycles. The molecule has 0 saturated heterocycles. The van der Waals surface area contributed by atoms with E-state index in [0.717, 1.165) is 5.56 Å². The van der Waals surface area contributed by atoms with E-state index in [1.54, 1.807) is 19.2 Å². The monoisotopic (exact) mass is 285 g/mol. The number of nitrogens with one attached hydrogen (secondary N) is 2. The molecule has 0 bridgehead atoms. The largest absolute Gasteiger partial charge is 0.497 e. The normalized spacial score (nSPS) is 11.5. The Bertz CT molecular complexity index is 628. The van der Waals surface area contributed by atoms with Gasteiger partial charge in [0, 0.05) is 17.4 Å². The summed E-state index contributed by atoms with van der Waals surface area (Å²) in [6.45, 7) is 1.89. The van der Waals surface area contributed by atoms with E-state index in [-0.39, 0.29) is 12.1 Å². The Balaban J connectivity index is 2.00. The molecule has 1 atom stereocenters. The summed E-state index contributed by atoms with van der Waals surface area (Å²) < 4.78 is 5.11. The van der Waals surface area contributed by atoms with Crippen molar-refractivity contribution >= 4 is 17.4 Å². The summed E-state index contributed by atoms with van der Waals surface area (Å²) in [5.41, 5.74) is 8.11. The Morgan fingerprint density at radius 3 is 2.67 bits per heavy atom. The number of methoxy groups -OCH3 is 1. The number of anilines is 2. The fraction of sp³-hybridized carbons (Fsp3) is 0.188. The second-order valence-corrected chi connectivity index (χ2v) is 4.68. The van der Waals surface area contributed by atoms with Crippen LogP contribution in [0.3, 0.4) is 0 Å². The number of benzene rings is 2. The van der Waals surface area contributed by atoms with Gasteiger partial charge in [-0.3, -0.25) is 0 Å². The number of urea groups is 1. The van der Waals surface area contributed by atoms with Crippen LogP contribution in [-0.2, 0) is 0 Å². The lowest BCUT2D eigenvalue weighted by molar-refractivity contribution is 0.249. The first-order valence-corrected chi connectivity index (χ1v) is 6.66. The number of amides is 2. The molecule has 0 radical (unpaired) electrons. The van der Waals surface area contributed by atoms with Crippen LogP contribution in [0.4, 0.5) is 16.2 Å². The van der Waals surface area contributed by atoms with Crippen molar-refractivity contribution in [1.82, 2.24) is 5.32 Å². The molecule has 0 aromatic heterocycles. The smallest absolute Gasteiger partial charge is 0.319 e. The van der Waals surface area contributed by atoms with Crippen molar-refractivity contribution < 1.29 is 9.53 Å². The summed E-state index contributed by atoms with van der Waals surface area (Å²) >= 11 is 0. The third-order valence-electron chi connectivity index (χ3n) is 3.14. The number of nitrogens with two attached hydrogens (primary N) is 1. The van der Waals surface area contributed by atoms with Gasteiger partial charge in [-0.1, -0.05) is 24.3 Å². The zero-order valence-electron chi connectivity index (χ0n) is 12.1. The highest BCUT2D eigenvalue weighted by atomic mass is 16.5. The van der Waals surface area contributed by atoms with Crippen molar-refractivity contribution in [3.05, 3.63) is 54.1 Å². The molecule has 0 saturated carbocycles. The van der Waals surface area contributed by atoms with Gasteiger partial charge in [-0.25, -0.2) is 4.79 Å². The Morgan fingerprint density at radius 1 is 1.19 bits per heavy atom. The van der Waals surface area contributed by atoms with Crippen LogP contribution in [0.1, 0.15) is 18.5 Å². The van der Waals surface area contributed by atoms with Crippen LogP contribution in [0.15, 0.2) is 48.5 Å². The number of carbonyl (C=O) groups excluding carboxylic acids is 1. The molecule has 5 nitrogen and oxygen atoms in total. The first-order chi connectivity index (χ1) is 10.1. The number of nitrogen functional groups attached to an aromatic ring is 1. The van der Waals surface area contributed by atoms with Gasteiger partial charge in [-0.15, -0.1) is 0 Å². The molecular formula is C16H19N3O2. The van der Waals surface area contributed by atoms with Gasteiger partial charge in [0.2, 0.25) is 0 Å². The average molecular weight is 285 g/mol. The first kappa shape index (κ1) is 14.7. The van der Waals surface area contributed by atoms with E-state index in [9.17, 15) is 4.79 Å². The van der Waals surface area contributed by atoms with E-state index >= 15 is 0 Å². The van der Waals surface area contributed by atoms with Crippen LogP contribution >= 0.6 is 0 Å². The molecule has 2 aromatic carbocycles. The molecule has 2 aromatic rings. The van der Waals surface area contributed by atoms with Crippen molar-refractivity contribution in [3.63, 3.8) is 0 Å². The highest BCUT2D eigenvalue weighted by Crippen LogP contribution is 2.20. The zero-order chi connectivity index (χ0) is 15.2. The van der Waals surface area contributed by atoms with Gasteiger partial charge in [0.05, 0.1) is 13.2 Å². The Hall–Kier alpha value is -2.69. The third-order valence-corrected chi connectivity index (χ3v) is 3.14. The maximum Gasteiger partial charge on any atom is 0.319 e. The maximum absolute atomic E-state index is 12.0. The SMILES string of the molecule is COc1cccc(NC(=O)NC(C)c2ccccc2N)c1. The summed E-state index contributed by atoms with van der Waals surface area (Å²) in [7, 11) is 1.58. The maximum atomic E-state index is 12.0. The van der Waals surface area contributed by atoms with Crippen LogP contribution in [0.5, 0.6) is 5.75 Å². The predicted molar refractivity (Wildman–Crippen MR) is 84.4 cm³/mol. The van der Waals surface area contributed by atoms with Crippen molar-refractivity contribution in [2.45, 2.75) is 13.0 Å². The van der Waals surface area contributed by atoms with E-state index < -0.39 is 0 Å². The van der Waals surface area contributed by atoms with Gasteiger partial charge >= 0.3 is 6.03 Å². The fourth-order valence-electron chi connectivity index (χ4n) is 2.05. The number of carbonyl (C=O) groups is 1. The molecule has 2 rings (SSSR count). The van der Waals surface area contributed by atoms with E-state index in [0.29, 0.717) is 17.1 Å². The van der Waals surface area contributed by atoms with Crippen LogP contribution in [0, 0.1) is 0 Å². The standard InChI is InChI=1S/C16H19N3O2/c1-11(14-8-3-4-9-15(14)17)18-16(20)19-12-6-5-7-13(10-12)21-2/h3-11H,17H2,1-2H3,(H2,18,19,20). The Labute approximate surface area is 124 Å². The molecule has 21 heavy (non-hydrogen) atoms. The second kappa shape index (κ2) is 6.65. The molecule has 5 heteroatoms. The predicted octanol–water partition coefficient (Wildman–Crippen LogP) is 3.16. The summed E-state index contributed by atoms with van der Waals surface area (Å²) in [5.74, 6) is 0.688. The minimum Gasteiger partial charge on any atom is -0.497 e. The molecule has 2 amide bonds. The number of ether oxygens (including phenoxy) is 1. The minimum atomic E-state index is -0.293. The number of hydrogen-bond donors (Lipinski definition) is 3. The summed E-state index contributed by atoms with van der Waals surface area (Å²) in [6.07, 6.45) is 0. The molecule has 0 heterocycles.